The molecule has 1 aromatic heterocycles. The number of benzene rings is 3. The molecule has 0 bridgehead atoms. The van der Waals surface area contributed by atoms with Gasteiger partial charge in [0.15, 0.2) is 5.82 Å². The maximum Gasteiger partial charge on any atom is 0.256 e. The molecule has 8 heteroatoms. The van der Waals surface area contributed by atoms with E-state index in [1.165, 1.54) is 0 Å². The number of hydrogen-bond acceptors (Lipinski definition) is 5. The number of amides is 1. The second kappa shape index (κ2) is 10.4. The molecule has 5 rings (SSSR count). The van der Waals surface area contributed by atoms with Crippen LogP contribution < -0.4 is 20.3 Å². The average molecular weight is 464 g/mol. The van der Waals surface area contributed by atoms with Gasteiger partial charge in [0.1, 0.15) is 12.4 Å². The summed E-state index contributed by atoms with van der Waals surface area (Å²) >= 11 is 0. The first-order valence-corrected chi connectivity index (χ1v) is 10.8. The summed E-state index contributed by atoms with van der Waals surface area (Å²) in [5.74, 6) is 1.02. The summed E-state index contributed by atoms with van der Waals surface area (Å²) in [6, 6.07) is 23.4. The van der Waals surface area contributed by atoms with E-state index in [1.54, 1.807) is 0 Å². The Bertz CT molecular complexity index is 1220. The zero-order valence-corrected chi connectivity index (χ0v) is 18.9. The van der Waals surface area contributed by atoms with Crippen LogP contribution in [-0.4, -0.2) is 42.3 Å². The van der Waals surface area contributed by atoms with Crippen molar-refractivity contribution in [2.75, 3.05) is 36.4 Å². The van der Waals surface area contributed by atoms with Gasteiger partial charge in [-0.3, -0.25) is 9.89 Å². The largest absolute Gasteiger partial charge is 0.489 e. The van der Waals surface area contributed by atoms with Crippen LogP contribution in [0, 0.1) is 0 Å². The van der Waals surface area contributed by atoms with Crippen LogP contribution in [0.5, 0.6) is 5.75 Å². The first-order valence-electron chi connectivity index (χ1n) is 10.8. The second-order valence-corrected chi connectivity index (χ2v) is 7.80. The fraction of sp³-hybridized carbons (Fsp3) is 0.200. The van der Waals surface area contributed by atoms with Crippen molar-refractivity contribution < 1.29 is 9.53 Å². The van der Waals surface area contributed by atoms with Gasteiger partial charge in [-0.1, -0.05) is 36.4 Å². The van der Waals surface area contributed by atoms with Gasteiger partial charge in [0.2, 0.25) is 0 Å². The lowest BCUT2D eigenvalue weighted by molar-refractivity contribution is 0.102. The molecule has 0 unspecified atom stereocenters. The molecule has 0 aliphatic carbocycles. The quantitative estimate of drug-likeness (QED) is 0.398. The molecular formula is C25H26ClN5O2. The summed E-state index contributed by atoms with van der Waals surface area (Å²) in [7, 11) is 0. The van der Waals surface area contributed by atoms with Crippen LogP contribution in [0.15, 0.2) is 72.8 Å². The molecule has 0 saturated carbocycles. The lowest BCUT2D eigenvalue weighted by Gasteiger charge is -2.29. The summed E-state index contributed by atoms with van der Waals surface area (Å²) in [5.41, 5.74) is 3.59. The summed E-state index contributed by atoms with van der Waals surface area (Å²) < 4.78 is 5.93. The van der Waals surface area contributed by atoms with E-state index in [-0.39, 0.29) is 18.3 Å². The first-order chi connectivity index (χ1) is 15.8. The normalized spacial score (nSPS) is 13.4. The summed E-state index contributed by atoms with van der Waals surface area (Å²) in [6.45, 7) is 4.24. The van der Waals surface area contributed by atoms with Gasteiger partial charge < -0.3 is 20.3 Å². The van der Waals surface area contributed by atoms with Gasteiger partial charge >= 0.3 is 0 Å². The maximum atomic E-state index is 13.0. The Balaban J connectivity index is 0.00000259. The van der Waals surface area contributed by atoms with Crippen molar-refractivity contribution in [2.45, 2.75) is 6.61 Å². The molecule has 4 aromatic rings. The number of nitrogens with one attached hydrogen (secondary N) is 3. The van der Waals surface area contributed by atoms with Crippen LogP contribution in [0.3, 0.4) is 0 Å². The lowest BCUT2D eigenvalue weighted by Crippen LogP contribution is -2.43. The highest BCUT2D eigenvalue weighted by Gasteiger charge is 2.15. The van der Waals surface area contributed by atoms with E-state index in [0.29, 0.717) is 18.0 Å². The average Bonchev–Trinajstić information content (AvgIpc) is 3.26. The standard InChI is InChI=1S/C25H25N5O2.ClH/c31-25(19-7-4-8-20(15-19)30-13-11-26-12-14-30)27-24-22-16-21(9-10-23(22)28-29-24)32-17-18-5-2-1-3-6-18;/h1-10,15-16,26H,11-14,17H2,(H2,27,28,29,31);1H. The summed E-state index contributed by atoms with van der Waals surface area (Å²) in [5, 5.41) is 14.4. The van der Waals surface area contributed by atoms with Crippen molar-refractivity contribution in [3.63, 3.8) is 0 Å². The van der Waals surface area contributed by atoms with Gasteiger partial charge in [-0.15, -0.1) is 12.4 Å². The number of nitrogens with zero attached hydrogens (tertiary/aromatic N) is 2. The zero-order chi connectivity index (χ0) is 21.8. The summed E-state index contributed by atoms with van der Waals surface area (Å²) in [4.78, 5) is 15.2. The van der Waals surface area contributed by atoms with E-state index >= 15 is 0 Å². The van der Waals surface area contributed by atoms with Crippen LogP contribution in [0.2, 0.25) is 0 Å². The first kappa shape index (κ1) is 22.6. The van der Waals surface area contributed by atoms with Crippen molar-refractivity contribution in [1.29, 1.82) is 0 Å². The van der Waals surface area contributed by atoms with Crippen molar-refractivity contribution >= 4 is 40.7 Å². The number of carbonyl (C=O) groups is 1. The highest BCUT2D eigenvalue weighted by Crippen LogP contribution is 2.26. The van der Waals surface area contributed by atoms with Gasteiger partial charge in [-0.25, -0.2) is 0 Å². The third-order valence-electron chi connectivity index (χ3n) is 5.61. The monoisotopic (exact) mass is 463 g/mol. The highest BCUT2D eigenvalue weighted by molar-refractivity contribution is 6.08. The molecule has 0 spiro atoms. The maximum absolute atomic E-state index is 13.0. The topological polar surface area (TPSA) is 82.3 Å². The number of halogens is 1. The number of anilines is 2. The smallest absolute Gasteiger partial charge is 0.256 e. The predicted octanol–water partition coefficient (Wildman–Crippen LogP) is 4.23. The number of ether oxygens (including phenoxy) is 1. The molecule has 3 aromatic carbocycles. The van der Waals surface area contributed by atoms with Gasteiger partial charge in [0.25, 0.3) is 5.91 Å². The zero-order valence-electron chi connectivity index (χ0n) is 18.1. The minimum absolute atomic E-state index is 0. The molecule has 3 N–H and O–H groups in total. The van der Waals surface area contributed by atoms with Crippen LogP contribution in [0.25, 0.3) is 10.9 Å². The number of aromatic nitrogens is 2. The van der Waals surface area contributed by atoms with Crippen LogP contribution in [0.4, 0.5) is 11.5 Å². The molecule has 0 atom stereocenters. The van der Waals surface area contributed by atoms with Crippen LogP contribution in [-0.2, 0) is 6.61 Å². The SMILES string of the molecule is Cl.O=C(Nc1n[nH]c2ccc(OCc3ccccc3)cc12)c1cccc(N2CCNCC2)c1. The van der Waals surface area contributed by atoms with Gasteiger partial charge in [-0.2, -0.15) is 5.10 Å². The Morgan fingerprint density at radius 1 is 1.00 bits per heavy atom. The minimum atomic E-state index is -0.189. The number of fused-ring (bicyclic) bond motifs is 1. The van der Waals surface area contributed by atoms with E-state index in [4.69, 9.17) is 4.74 Å². The number of rotatable bonds is 6. The molecule has 1 fully saturated rings. The molecule has 1 saturated heterocycles. The fourth-order valence-electron chi connectivity index (χ4n) is 3.87. The van der Waals surface area contributed by atoms with Crippen molar-refractivity contribution in [2.24, 2.45) is 0 Å². The lowest BCUT2D eigenvalue weighted by atomic mass is 10.1. The number of H-pyrrole nitrogens is 1. The number of aromatic amines is 1. The molecule has 1 aliphatic heterocycles. The van der Waals surface area contributed by atoms with E-state index < -0.39 is 0 Å². The molecule has 1 aliphatic rings. The molecule has 1 amide bonds. The Morgan fingerprint density at radius 2 is 1.82 bits per heavy atom. The van der Waals surface area contributed by atoms with E-state index in [0.717, 1.165) is 54.1 Å². The predicted molar refractivity (Wildman–Crippen MR) is 134 cm³/mol. The van der Waals surface area contributed by atoms with Crippen molar-refractivity contribution in [3.8, 4) is 5.75 Å². The van der Waals surface area contributed by atoms with Gasteiger partial charge in [0, 0.05) is 42.8 Å². The van der Waals surface area contributed by atoms with E-state index in [1.807, 2.05) is 72.8 Å². The fourth-order valence-corrected chi connectivity index (χ4v) is 3.87. The van der Waals surface area contributed by atoms with Crippen LogP contribution in [0.1, 0.15) is 15.9 Å². The third kappa shape index (κ3) is 5.27. The minimum Gasteiger partial charge on any atom is -0.489 e. The van der Waals surface area contributed by atoms with E-state index in [9.17, 15) is 4.79 Å². The van der Waals surface area contributed by atoms with Crippen molar-refractivity contribution in [1.82, 2.24) is 15.5 Å². The second-order valence-electron chi connectivity index (χ2n) is 7.80. The molecule has 0 radical (unpaired) electrons. The Morgan fingerprint density at radius 3 is 2.64 bits per heavy atom. The molecule has 170 valence electrons. The summed E-state index contributed by atoms with van der Waals surface area (Å²) in [6.07, 6.45) is 0. The third-order valence-corrected chi connectivity index (χ3v) is 5.61. The molecule has 33 heavy (non-hydrogen) atoms. The van der Waals surface area contributed by atoms with E-state index in [2.05, 4.69) is 25.7 Å². The van der Waals surface area contributed by atoms with Crippen molar-refractivity contribution in [3.05, 3.63) is 83.9 Å². The molecule has 2 heterocycles. The number of hydrogen-bond donors (Lipinski definition) is 3. The Labute approximate surface area is 198 Å². The number of piperazine rings is 1. The molecular weight excluding hydrogens is 438 g/mol. The molecule has 7 nitrogen and oxygen atoms in total. The van der Waals surface area contributed by atoms with Gasteiger partial charge in [0.05, 0.1) is 5.52 Å². The van der Waals surface area contributed by atoms with Crippen LogP contribution >= 0.6 is 12.4 Å². The highest BCUT2D eigenvalue weighted by atomic mass is 35.5. The Hall–Kier alpha value is -3.55. The number of carbonyl (C=O) groups excluding carboxylic acids is 1. The van der Waals surface area contributed by atoms with Gasteiger partial charge in [-0.05, 0) is 42.0 Å². The Kier molecular flexibility index (Phi) is 7.12.